The van der Waals surface area contributed by atoms with Gasteiger partial charge < -0.3 is 0 Å². The number of hydrogen-bond acceptors (Lipinski definition) is 3. The SMILES string of the molecule is CC1(C)CC(C#N)(S(=O)(=O)c2ccc(F)cc2)C1. The first-order valence-electron chi connectivity index (χ1n) is 5.64. The molecule has 3 nitrogen and oxygen atoms in total. The molecule has 1 aliphatic carbocycles. The molecule has 0 N–H and O–H groups in total. The summed E-state index contributed by atoms with van der Waals surface area (Å²) in [4.78, 5) is 0.0148. The van der Waals surface area contributed by atoms with Crippen LogP contribution in [0.5, 0.6) is 0 Å². The number of benzene rings is 1. The Morgan fingerprint density at radius 1 is 1.22 bits per heavy atom. The normalized spacial score (nSPS) is 20.8. The van der Waals surface area contributed by atoms with Gasteiger partial charge in [0.05, 0.1) is 11.0 Å². The van der Waals surface area contributed by atoms with Crippen LogP contribution in [0.25, 0.3) is 0 Å². The standard InChI is InChI=1S/C13H14FNO2S/c1-12(2)7-13(8-12,9-15)18(16,17)11-5-3-10(14)4-6-11/h3-6H,7-8H2,1-2H3. The summed E-state index contributed by atoms with van der Waals surface area (Å²) in [7, 11) is -3.73. The van der Waals surface area contributed by atoms with Crippen molar-refractivity contribution in [2.24, 2.45) is 5.41 Å². The van der Waals surface area contributed by atoms with Crippen molar-refractivity contribution in [3.05, 3.63) is 30.1 Å². The lowest BCUT2D eigenvalue weighted by Gasteiger charge is -2.47. The number of hydrogen-bond donors (Lipinski definition) is 0. The van der Waals surface area contributed by atoms with E-state index in [1.165, 1.54) is 12.1 Å². The van der Waals surface area contributed by atoms with E-state index in [-0.39, 0.29) is 10.3 Å². The van der Waals surface area contributed by atoms with E-state index in [1.807, 2.05) is 19.9 Å². The number of halogens is 1. The van der Waals surface area contributed by atoms with E-state index in [0.29, 0.717) is 12.8 Å². The van der Waals surface area contributed by atoms with Gasteiger partial charge in [-0.3, -0.25) is 0 Å². The Morgan fingerprint density at radius 2 is 1.72 bits per heavy atom. The Hall–Kier alpha value is -1.41. The number of nitriles is 1. The van der Waals surface area contributed by atoms with Crippen LogP contribution in [-0.4, -0.2) is 13.2 Å². The van der Waals surface area contributed by atoms with E-state index < -0.39 is 20.4 Å². The average Bonchev–Trinajstić information content (AvgIpc) is 2.25. The maximum atomic E-state index is 12.8. The Kier molecular flexibility index (Phi) is 2.74. The van der Waals surface area contributed by atoms with Gasteiger partial charge in [-0.1, -0.05) is 13.8 Å². The molecule has 1 aliphatic rings. The first-order valence-corrected chi connectivity index (χ1v) is 7.12. The summed E-state index contributed by atoms with van der Waals surface area (Å²) < 4.78 is 36.3. The Morgan fingerprint density at radius 3 is 2.11 bits per heavy atom. The fraction of sp³-hybridized carbons (Fsp3) is 0.462. The zero-order valence-electron chi connectivity index (χ0n) is 10.3. The van der Waals surface area contributed by atoms with Gasteiger partial charge >= 0.3 is 0 Å². The van der Waals surface area contributed by atoms with E-state index in [0.717, 1.165) is 12.1 Å². The summed E-state index contributed by atoms with van der Waals surface area (Å²) in [5, 5.41) is 9.22. The van der Waals surface area contributed by atoms with Gasteiger partial charge in [0.15, 0.2) is 14.6 Å². The monoisotopic (exact) mass is 267 g/mol. The number of nitrogens with zero attached hydrogens (tertiary/aromatic N) is 1. The quantitative estimate of drug-likeness (QED) is 0.774. The van der Waals surface area contributed by atoms with Gasteiger partial charge in [0.25, 0.3) is 0 Å². The van der Waals surface area contributed by atoms with Crippen LogP contribution in [0.2, 0.25) is 0 Å². The molecule has 0 saturated heterocycles. The smallest absolute Gasteiger partial charge is 0.197 e. The van der Waals surface area contributed by atoms with Gasteiger partial charge in [-0.2, -0.15) is 5.26 Å². The van der Waals surface area contributed by atoms with Crippen LogP contribution in [0, 0.1) is 22.6 Å². The van der Waals surface area contributed by atoms with Crippen molar-refractivity contribution in [1.29, 1.82) is 5.26 Å². The Balaban J connectivity index is 2.44. The second kappa shape index (κ2) is 3.79. The average molecular weight is 267 g/mol. The zero-order chi connectivity index (χ0) is 13.6. The molecular weight excluding hydrogens is 253 g/mol. The lowest BCUT2D eigenvalue weighted by Crippen LogP contribution is -2.53. The van der Waals surface area contributed by atoms with Gasteiger partial charge in [0, 0.05) is 0 Å². The minimum atomic E-state index is -3.73. The molecule has 0 amide bonds. The predicted molar refractivity (Wildman–Crippen MR) is 64.9 cm³/mol. The van der Waals surface area contributed by atoms with Crippen molar-refractivity contribution >= 4 is 9.84 Å². The largest absolute Gasteiger partial charge is 0.222 e. The first-order chi connectivity index (χ1) is 8.22. The van der Waals surface area contributed by atoms with Crippen LogP contribution < -0.4 is 0 Å². The highest BCUT2D eigenvalue weighted by molar-refractivity contribution is 7.93. The Bertz CT molecular complexity index is 603. The van der Waals surface area contributed by atoms with E-state index >= 15 is 0 Å². The minimum Gasteiger partial charge on any atom is -0.222 e. The molecular formula is C13H14FNO2S. The van der Waals surface area contributed by atoms with Gasteiger partial charge in [-0.15, -0.1) is 0 Å². The second-order valence-electron chi connectivity index (χ2n) is 5.58. The summed E-state index contributed by atoms with van der Waals surface area (Å²) in [6, 6.07) is 6.57. The van der Waals surface area contributed by atoms with E-state index in [2.05, 4.69) is 0 Å². The van der Waals surface area contributed by atoms with Crippen LogP contribution in [0.15, 0.2) is 29.2 Å². The lowest BCUT2D eigenvalue weighted by atomic mass is 9.64. The molecule has 0 atom stereocenters. The van der Waals surface area contributed by atoms with E-state index in [4.69, 9.17) is 0 Å². The highest BCUT2D eigenvalue weighted by Gasteiger charge is 2.58. The van der Waals surface area contributed by atoms with Crippen LogP contribution in [0.1, 0.15) is 26.7 Å². The summed E-state index contributed by atoms with van der Waals surface area (Å²) >= 11 is 0. The molecule has 18 heavy (non-hydrogen) atoms. The highest BCUT2D eigenvalue weighted by Crippen LogP contribution is 2.53. The summed E-state index contributed by atoms with van der Waals surface area (Å²) in [5.41, 5.74) is -0.136. The fourth-order valence-electron chi connectivity index (χ4n) is 2.66. The maximum absolute atomic E-state index is 12.8. The van der Waals surface area contributed by atoms with Crippen molar-refractivity contribution in [3.63, 3.8) is 0 Å². The molecule has 0 aliphatic heterocycles. The van der Waals surface area contributed by atoms with Crippen molar-refractivity contribution in [2.75, 3.05) is 0 Å². The molecule has 1 aromatic rings. The van der Waals surface area contributed by atoms with Crippen LogP contribution >= 0.6 is 0 Å². The third-order valence-electron chi connectivity index (χ3n) is 3.37. The third-order valence-corrected chi connectivity index (χ3v) is 5.67. The molecule has 2 rings (SSSR count). The summed E-state index contributed by atoms with van der Waals surface area (Å²) in [6.45, 7) is 3.87. The lowest BCUT2D eigenvalue weighted by molar-refractivity contribution is 0.154. The van der Waals surface area contributed by atoms with E-state index in [1.54, 1.807) is 0 Å². The number of sulfone groups is 1. The molecule has 0 heterocycles. The second-order valence-corrected chi connectivity index (χ2v) is 7.84. The zero-order valence-corrected chi connectivity index (χ0v) is 11.1. The Labute approximate surface area is 106 Å². The summed E-state index contributed by atoms with van der Waals surface area (Å²) in [5.74, 6) is -0.492. The maximum Gasteiger partial charge on any atom is 0.197 e. The van der Waals surface area contributed by atoms with Crippen LogP contribution in [-0.2, 0) is 9.84 Å². The molecule has 0 unspecified atom stereocenters. The minimum absolute atomic E-state index is 0.0148. The molecule has 0 radical (unpaired) electrons. The third kappa shape index (κ3) is 1.81. The first kappa shape index (κ1) is 13.0. The van der Waals surface area contributed by atoms with Gasteiger partial charge in [-0.25, -0.2) is 12.8 Å². The molecule has 0 aromatic heterocycles. The molecule has 96 valence electrons. The molecule has 5 heteroatoms. The summed E-state index contributed by atoms with van der Waals surface area (Å²) in [6.07, 6.45) is 0.631. The topological polar surface area (TPSA) is 57.9 Å². The fourth-order valence-corrected chi connectivity index (χ4v) is 4.89. The molecule has 0 bridgehead atoms. The van der Waals surface area contributed by atoms with Crippen LogP contribution in [0.3, 0.4) is 0 Å². The van der Waals surface area contributed by atoms with E-state index in [9.17, 15) is 18.1 Å². The molecule has 0 spiro atoms. The van der Waals surface area contributed by atoms with Crippen molar-refractivity contribution in [3.8, 4) is 6.07 Å². The van der Waals surface area contributed by atoms with Gasteiger partial charge in [-0.05, 0) is 42.5 Å². The predicted octanol–water partition coefficient (Wildman–Crippen LogP) is 2.68. The van der Waals surface area contributed by atoms with Crippen molar-refractivity contribution in [2.45, 2.75) is 36.3 Å². The molecule has 1 fully saturated rings. The highest BCUT2D eigenvalue weighted by atomic mass is 32.2. The van der Waals surface area contributed by atoms with Gasteiger partial charge in [0.2, 0.25) is 0 Å². The molecule has 1 aromatic carbocycles. The van der Waals surface area contributed by atoms with Gasteiger partial charge in [0.1, 0.15) is 5.82 Å². The van der Waals surface area contributed by atoms with Crippen LogP contribution in [0.4, 0.5) is 4.39 Å². The number of rotatable bonds is 2. The van der Waals surface area contributed by atoms with Crippen molar-refractivity contribution < 1.29 is 12.8 Å². The van der Waals surface area contributed by atoms with Crippen molar-refractivity contribution in [1.82, 2.24) is 0 Å². The molecule has 1 saturated carbocycles.